The maximum atomic E-state index is 14.1. The van der Waals surface area contributed by atoms with Crippen LogP contribution in [0.5, 0.6) is 17.2 Å². The van der Waals surface area contributed by atoms with Crippen molar-refractivity contribution in [2.45, 2.75) is 81.9 Å². The number of amides is 1. The molecule has 1 amide bonds. The molecule has 1 saturated heterocycles. The van der Waals surface area contributed by atoms with Crippen LogP contribution in [0.25, 0.3) is 16.6 Å². The van der Waals surface area contributed by atoms with E-state index in [2.05, 4.69) is 55.8 Å². The largest absolute Gasteiger partial charge is 0.489 e. The van der Waals surface area contributed by atoms with E-state index in [1.165, 1.54) is 29.0 Å². The number of rotatable bonds is 13. The second kappa shape index (κ2) is 18.9. The Morgan fingerprint density at radius 3 is 2.58 bits per heavy atom. The minimum atomic E-state index is -4.68. The number of fused-ring (bicyclic) bond motifs is 2. The summed E-state index contributed by atoms with van der Waals surface area (Å²) < 4.78 is 48.2. The van der Waals surface area contributed by atoms with Crippen molar-refractivity contribution in [2.24, 2.45) is 5.41 Å². The minimum Gasteiger partial charge on any atom is -0.489 e. The van der Waals surface area contributed by atoms with E-state index in [0.717, 1.165) is 67.1 Å². The van der Waals surface area contributed by atoms with Crippen molar-refractivity contribution in [2.75, 3.05) is 56.2 Å². The molecule has 16 nitrogen and oxygen atoms in total. The fourth-order valence-corrected chi connectivity index (χ4v) is 10.5. The number of carbonyl (C=O) groups excluding carboxylic acids is 1. The molecule has 4 heterocycles. The third-order valence-electron chi connectivity index (χ3n) is 13.1. The van der Waals surface area contributed by atoms with Gasteiger partial charge in [0, 0.05) is 73.2 Å². The van der Waals surface area contributed by atoms with Crippen molar-refractivity contribution in [1.82, 2.24) is 19.6 Å². The topological polar surface area (TPSA) is 201 Å². The molecule has 2 aliphatic heterocycles. The zero-order chi connectivity index (χ0) is 46.2. The second-order valence-corrected chi connectivity index (χ2v) is 20.6. The number of sulfonamides is 1. The smallest absolute Gasteiger partial charge is 0.297 e. The van der Waals surface area contributed by atoms with Gasteiger partial charge in [-0.1, -0.05) is 43.2 Å². The Morgan fingerprint density at radius 1 is 1.05 bits per heavy atom. The molecule has 2 aliphatic carbocycles. The van der Waals surface area contributed by atoms with Crippen LogP contribution in [0.1, 0.15) is 74.7 Å². The first-order valence-corrected chi connectivity index (χ1v) is 24.3. The maximum Gasteiger partial charge on any atom is 0.297 e. The first-order chi connectivity index (χ1) is 31.7. The van der Waals surface area contributed by atoms with Crippen LogP contribution >= 0.6 is 11.6 Å². The van der Waals surface area contributed by atoms with E-state index in [4.69, 9.17) is 25.8 Å². The lowest BCUT2D eigenvalue weighted by Gasteiger charge is -2.39. The molecule has 5 aromatic rings. The summed E-state index contributed by atoms with van der Waals surface area (Å²) >= 11 is 6.25. The molecule has 2 aromatic heterocycles. The van der Waals surface area contributed by atoms with Crippen LogP contribution in [-0.2, 0) is 14.8 Å². The van der Waals surface area contributed by atoms with E-state index in [0.29, 0.717) is 50.2 Å². The number of ether oxygens (including phenoxy) is 3. The van der Waals surface area contributed by atoms with Gasteiger partial charge in [-0.2, -0.15) is 0 Å². The van der Waals surface area contributed by atoms with Crippen LogP contribution in [0.4, 0.5) is 17.1 Å². The average Bonchev–Trinajstić information content (AvgIpc) is 3.77. The van der Waals surface area contributed by atoms with Crippen LogP contribution in [-0.4, -0.2) is 103 Å². The number of aromatic nitrogens is 2. The number of aliphatic hydroxyl groups excluding tert-OH is 1. The van der Waals surface area contributed by atoms with Gasteiger partial charge in [0.25, 0.3) is 21.6 Å². The number of aliphatic hydroxyl groups is 1. The number of H-pyrrole nitrogens is 1. The third kappa shape index (κ3) is 10.3. The molecule has 3 aromatic carbocycles. The van der Waals surface area contributed by atoms with E-state index in [-0.39, 0.29) is 53.6 Å². The highest BCUT2D eigenvalue weighted by Gasteiger charge is 2.34. The molecule has 0 radical (unpaired) electrons. The predicted molar refractivity (Wildman–Crippen MR) is 252 cm³/mol. The van der Waals surface area contributed by atoms with E-state index >= 15 is 0 Å². The number of piperazine rings is 1. The number of nitro benzene ring substituents is 1. The zero-order valence-corrected chi connectivity index (χ0v) is 38.5. The van der Waals surface area contributed by atoms with Gasteiger partial charge < -0.3 is 34.5 Å². The Bertz CT molecular complexity index is 2760. The quantitative estimate of drug-likeness (QED) is 0.0649. The van der Waals surface area contributed by atoms with Crippen molar-refractivity contribution >= 4 is 61.2 Å². The summed E-state index contributed by atoms with van der Waals surface area (Å²) in [5.41, 5.74) is 5.14. The minimum absolute atomic E-state index is 0.0158. The summed E-state index contributed by atoms with van der Waals surface area (Å²) in [6, 6.07) is 18.4. The molecule has 1 atom stereocenters. The Balaban J connectivity index is 0.922. The van der Waals surface area contributed by atoms with Crippen LogP contribution < -0.4 is 24.4 Å². The third-order valence-corrected chi connectivity index (χ3v) is 14.7. The number of anilines is 2. The normalized spacial score (nSPS) is 21.2. The fourth-order valence-electron chi connectivity index (χ4n) is 9.34. The van der Waals surface area contributed by atoms with Gasteiger partial charge in [-0.3, -0.25) is 19.8 Å². The van der Waals surface area contributed by atoms with Crippen LogP contribution in [0.3, 0.4) is 0 Å². The standard InChI is InChI=1S/C48H54ClN7O9S/c1-48(2)15-13-32(41(25-48)30-3-5-33(49)6-4-30)27-54-17-19-55(20-18-54)35-7-12-40(43(22-35)65-38-21-31-14-16-50-46(31)51-26-38)47(58)53-66(61,62)39-23-42(56(59)60)45-44(24-39)64-29-34(52-45)28-63-37-10-8-36(57)9-11-37/h3-7,12,14,16,21-24,26,34,36-37,52,57H,8-11,13,15,17-20,25,27-29H2,1-2H3,(H,50,51)(H,53,58). The van der Waals surface area contributed by atoms with Gasteiger partial charge in [-0.05, 0) is 97.9 Å². The molecule has 4 N–H and O–H groups in total. The molecule has 4 aliphatic rings. The number of nitrogens with zero attached hydrogens (tertiary/aromatic N) is 4. The number of hydrogen-bond acceptors (Lipinski definition) is 13. The summed E-state index contributed by atoms with van der Waals surface area (Å²) in [6.45, 7) is 8.81. The van der Waals surface area contributed by atoms with Crippen LogP contribution in [0.15, 0.2) is 89.6 Å². The SMILES string of the molecule is CC1(C)CCC(CN2CCN(c3ccc(C(=O)NS(=O)(=O)c4cc5c(c([N+](=O)[O-])c4)NC(COC4CCC(O)CC4)CO5)c(Oc4cnc5[nH]ccc5c4)c3)CC2)=C(c2ccc(Cl)cc2)C1. The monoisotopic (exact) mass is 939 g/mol. The van der Waals surface area contributed by atoms with Crippen LogP contribution in [0.2, 0.25) is 5.02 Å². The lowest BCUT2D eigenvalue weighted by molar-refractivity contribution is -0.384. The molecule has 0 spiro atoms. The number of nitrogens with one attached hydrogen (secondary N) is 3. The number of nitro groups is 1. The van der Waals surface area contributed by atoms with Crippen LogP contribution in [0, 0.1) is 15.5 Å². The van der Waals surface area contributed by atoms with E-state index in [1.807, 2.05) is 18.2 Å². The highest BCUT2D eigenvalue weighted by atomic mass is 35.5. The average molecular weight is 941 g/mol. The van der Waals surface area contributed by atoms with E-state index < -0.39 is 37.5 Å². The predicted octanol–water partition coefficient (Wildman–Crippen LogP) is 8.31. The lowest BCUT2D eigenvalue weighted by atomic mass is 9.72. The summed E-state index contributed by atoms with van der Waals surface area (Å²) in [5.74, 6) is -0.609. The number of benzene rings is 3. The number of pyridine rings is 1. The second-order valence-electron chi connectivity index (χ2n) is 18.5. The molecule has 9 rings (SSSR count). The van der Waals surface area contributed by atoms with Gasteiger partial charge in [0.1, 0.15) is 23.8 Å². The first kappa shape index (κ1) is 45.4. The Morgan fingerprint density at radius 2 is 1.82 bits per heavy atom. The van der Waals surface area contributed by atoms with Crippen molar-refractivity contribution in [3.05, 3.63) is 111 Å². The lowest BCUT2D eigenvalue weighted by Crippen LogP contribution is -2.47. The molecule has 0 bridgehead atoms. The summed E-state index contributed by atoms with van der Waals surface area (Å²) in [6.07, 6.45) is 8.76. The first-order valence-electron chi connectivity index (χ1n) is 22.4. The van der Waals surface area contributed by atoms with Crippen molar-refractivity contribution in [1.29, 1.82) is 0 Å². The maximum absolute atomic E-state index is 14.1. The van der Waals surface area contributed by atoms with E-state index in [9.17, 15) is 28.4 Å². The Labute approximate surface area is 388 Å². The Hall–Kier alpha value is -5.72. The van der Waals surface area contributed by atoms with Gasteiger partial charge in [0.15, 0.2) is 11.4 Å². The highest BCUT2D eigenvalue weighted by molar-refractivity contribution is 7.90. The number of allylic oxidation sites excluding steroid dienone is 1. The summed E-state index contributed by atoms with van der Waals surface area (Å²) in [5, 5.41) is 26.7. The van der Waals surface area contributed by atoms with Gasteiger partial charge in [-0.25, -0.2) is 18.1 Å². The highest BCUT2D eigenvalue weighted by Crippen LogP contribution is 2.44. The van der Waals surface area contributed by atoms with E-state index in [1.54, 1.807) is 24.4 Å². The molecule has 18 heteroatoms. The number of aromatic amines is 1. The molecule has 1 unspecified atom stereocenters. The van der Waals surface area contributed by atoms with Gasteiger partial charge >= 0.3 is 0 Å². The number of halogens is 1. The van der Waals surface area contributed by atoms with Gasteiger partial charge in [0.2, 0.25) is 0 Å². The molecular weight excluding hydrogens is 886 g/mol. The van der Waals surface area contributed by atoms with Crippen molar-refractivity contribution < 1.29 is 37.5 Å². The summed E-state index contributed by atoms with van der Waals surface area (Å²) in [4.78, 5) is 37.3. The summed E-state index contributed by atoms with van der Waals surface area (Å²) in [7, 11) is -4.68. The molecular formula is C48H54ClN7O9S. The van der Waals surface area contributed by atoms with Crippen molar-refractivity contribution in [3.8, 4) is 17.2 Å². The zero-order valence-electron chi connectivity index (χ0n) is 36.9. The fraction of sp³-hybridized carbons (Fsp3) is 0.417. The Kier molecular flexibility index (Phi) is 13.0. The number of hydrogen-bond donors (Lipinski definition) is 4. The van der Waals surface area contributed by atoms with Gasteiger partial charge in [0.05, 0.1) is 46.4 Å². The molecule has 2 fully saturated rings. The number of carbonyl (C=O) groups is 1. The van der Waals surface area contributed by atoms with Crippen molar-refractivity contribution in [3.63, 3.8) is 0 Å². The molecule has 1 saturated carbocycles. The molecule has 348 valence electrons. The molecule has 66 heavy (non-hydrogen) atoms. The van der Waals surface area contributed by atoms with Gasteiger partial charge in [-0.15, -0.1) is 0 Å².